The minimum absolute atomic E-state index is 0.214. The number of rotatable bonds is 8. The molecule has 0 saturated carbocycles. The molecule has 0 unspecified atom stereocenters. The quantitative estimate of drug-likeness (QED) is 0.699. The summed E-state index contributed by atoms with van der Waals surface area (Å²) in [7, 11) is 1.56. The number of ether oxygens (including phenoxy) is 2. The number of hydrogen-bond donors (Lipinski definition) is 2. The number of carbonyl (C=O) groups excluding carboxylic acids is 2. The van der Waals surface area contributed by atoms with Crippen molar-refractivity contribution in [1.29, 1.82) is 0 Å². The fraction of sp³-hybridized carbons (Fsp3) is 0.333. The molecule has 0 heterocycles. The van der Waals surface area contributed by atoms with Gasteiger partial charge in [0.15, 0.2) is 11.5 Å². The van der Waals surface area contributed by atoms with Crippen molar-refractivity contribution in [3.05, 3.63) is 53.6 Å². The number of amides is 2. The summed E-state index contributed by atoms with van der Waals surface area (Å²) in [5, 5.41) is 5.28. The number of benzene rings is 2. The van der Waals surface area contributed by atoms with Gasteiger partial charge in [0.25, 0.3) is 0 Å². The first-order valence-corrected chi connectivity index (χ1v) is 9.05. The van der Waals surface area contributed by atoms with Crippen molar-refractivity contribution in [3.8, 4) is 11.5 Å². The highest BCUT2D eigenvalue weighted by molar-refractivity contribution is 6.39. The molecule has 6 nitrogen and oxygen atoms in total. The van der Waals surface area contributed by atoms with Crippen LogP contribution in [0.25, 0.3) is 0 Å². The van der Waals surface area contributed by atoms with E-state index in [2.05, 4.69) is 10.6 Å². The standard InChI is InChI=1S/C21H26N2O4/c1-4-12-27-18-11-10-15(13-19(18)26-3)14-22-20(24)21(25)23-17-9-7-6-8-16(17)5-2/h6-11,13H,4-5,12,14H2,1-3H3,(H,22,24)(H,23,25). The molecule has 0 saturated heterocycles. The molecule has 0 fully saturated rings. The van der Waals surface area contributed by atoms with E-state index in [-0.39, 0.29) is 6.54 Å². The molecule has 0 radical (unpaired) electrons. The van der Waals surface area contributed by atoms with Crippen LogP contribution in [0.2, 0.25) is 0 Å². The Morgan fingerprint density at radius 3 is 2.48 bits per heavy atom. The lowest BCUT2D eigenvalue weighted by Crippen LogP contribution is -2.35. The smallest absolute Gasteiger partial charge is 0.313 e. The molecule has 0 atom stereocenters. The predicted molar refractivity (Wildman–Crippen MR) is 105 cm³/mol. The maximum absolute atomic E-state index is 12.1. The van der Waals surface area contributed by atoms with Gasteiger partial charge < -0.3 is 20.1 Å². The predicted octanol–water partition coefficient (Wildman–Crippen LogP) is 3.30. The van der Waals surface area contributed by atoms with E-state index in [9.17, 15) is 9.59 Å². The van der Waals surface area contributed by atoms with E-state index < -0.39 is 11.8 Å². The number of hydrogen-bond acceptors (Lipinski definition) is 4. The van der Waals surface area contributed by atoms with Crippen LogP contribution in [0.5, 0.6) is 11.5 Å². The van der Waals surface area contributed by atoms with Gasteiger partial charge in [-0.1, -0.05) is 38.1 Å². The number of nitrogens with one attached hydrogen (secondary N) is 2. The summed E-state index contributed by atoms with van der Waals surface area (Å²) in [5.41, 5.74) is 2.44. The summed E-state index contributed by atoms with van der Waals surface area (Å²) >= 11 is 0. The molecule has 2 aromatic rings. The van der Waals surface area contributed by atoms with Gasteiger partial charge in [-0.3, -0.25) is 9.59 Å². The van der Waals surface area contributed by atoms with Gasteiger partial charge in [0, 0.05) is 12.2 Å². The van der Waals surface area contributed by atoms with E-state index in [0.29, 0.717) is 23.8 Å². The second-order valence-electron chi connectivity index (χ2n) is 5.98. The average molecular weight is 370 g/mol. The molecule has 0 aliphatic heterocycles. The van der Waals surface area contributed by atoms with Crippen LogP contribution in [-0.4, -0.2) is 25.5 Å². The molecule has 0 spiro atoms. The van der Waals surface area contributed by atoms with Crippen LogP contribution in [0, 0.1) is 0 Å². The number of para-hydroxylation sites is 1. The van der Waals surface area contributed by atoms with Gasteiger partial charge in [-0.15, -0.1) is 0 Å². The van der Waals surface area contributed by atoms with Crippen molar-refractivity contribution in [2.24, 2.45) is 0 Å². The highest BCUT2D eigenvalue weighted by Crippen LogP contribution is 2.28. The maximum atomic E-state index is 12.1. The van der Waals surface area contributed by atoms with Gasteiger partial charge in [-0.25, -0.2) is 0 Å². The fourth-order valence-corrected chi connectivity index (χ4v) is 2.55. The molecule has 2 N–H and O–H groups in total. The molecule has 0 aliphatic carbocycles. The molecular weight excluding hydrogens is 344 g/mol. The topological polar surface area (TPSA) is 76.7 Å². The highest BCUT2D eigenvalue weighted by atomic mass is 16.5. The van der Waals surface area contributed by atoms with E-state index in [1.54, 1.807) is 25.3 Å². The van der Waals surface area contributed by atoms with Crippen molar-refractivity contribution in [3.63, 3.8) is 0 Å². The van der Waals surface area contributed by atoms with E-state index in [0.717, 1.165) is 24.0 Å². The summed E-state index contributed by atoms with van der Waals surface area (Å²) in [6, 6.07) is 12.8. The van der Waals surface area contributed by atoms with Crippen molar-refractivity contribution in [1.82, 2.24) is 5.32 Å². The summed E-state index contributed by atoms with van der Waals surface area (Å²) < 4.78 is 10.9. The Morgan fingerprint density at radius 1 is 1.00 bits per heavy atom. The van der Waals surface area contributed by atoms with Gasteiger partial charge in [0.1, 0.15) is 0 Å². The minimum Gasteiger partial charge on any atom is -0.493 e. The lowest BCUT2D eigenvalue weighted by Gasteiger charge is -2.12. The summed E-state index contributed by atoms with van der Waals surface area (Å²) in [5.74, 6) is -0.128. The Bertz CT molecular complexity index is 790. The van der Waals surface area contributed by atoms with Crippen LogP contribution in [0.15, 0.2) is 42.5 Å². The maximum Gasteiger partial charge on any atom is 0.313 e. The van der Waals surface area contributed by atoms with Gasteiger partial charge in [0.2, 0.25) is 0 Å². The molecular formula is C21H26N2O4. The highest BCUT2D eigenvalue weighted by Gasteiger charge is 2.15. The molecule has 6 heteroatoms. The van der Waals surface area contributed by atoms with Crippen molar-refractivity contribution in [2.45, 2.75) is 33.2 Å². The van der Waals surface area contributed by atoms with Gasteiger partial charge in [-0.2, -0.15) is 0 Å². The number of carbonyl (C=O) groups is 2. The summed E-state index contributed by atoms with van der Waals surface area (Å²) in [6.07, 6.45) is 1.67. The Balaban J connectivity index is 1.95. The Labute approximate surface area is 159 Å². The first-order chi connectivity index (χ1) is 13.1. The second kappa shape index (κ2) is 10.2. The van der Waals surface area contributed by atoms with E-state index >= 15 is 0 Å². The Kier molecular flexibility index (Phi) is 7.67. The van der Waals surface area contributed by atoms with Gasteiger partial charge in [0.05, 0.1) is 13.7 Å². The lowest BCUT2D eigenvalue weighted by molar-refractivity contribution is -0.136. The zero-order valence-electron chi connectivity index (χ0n) is 16.0. The van der Waals surface area contributed by atoms with Gasteiger partial charge >= 0.3 is 11.8 Å². The van der Waals surface area contributed by atoms with Crippen LogP contribution < -0.4 is 20.1 Å². The minimum atomic E-state index is -0.689. The summed E-state index contributed by atoms with van der Waals surface area (Å²) in [6.45, 7) is 4.84. The molecule has 0 aliphatic rings. The molecule has 144 valence electrons. The molecule has 0 aromatic heterocycles. The molecule has 27 heavy (non-hydrogen) atoms. The van der Waals surface area contributed by atoms with Crippen molar-refractivity contribution in [2.75, 3.05) is 19.0 Å². The SMILES string of the molecule is CCCOc1ccc(CNC(=O)C(=O)Nc2ccccc2CC)cc1OC. The molecule has 0 bridgehead atoms. The zero-order chi connectivity index (χ0) is 19.6. The number of anilines is 1. The third-order valence-corrected chi connectivity index (χ3v) is 4.00. The molecule has 2 amide bonds. The van der Waals surface area contributed by atoms with E-state index in [1.807, 2.05) is 38.1 Å². The Morgan fingerprint density at radius 2 is 1.78 bits per heavy atom. The van der Waals surface area contributed by atoms with Gasteiger partial charge in [-0.05, 0) is 42.2 Å². The van der Waals surface area contributed by atoms with Crippen LogP contribution in [-0.2, 0) is 22.6 Å². The van der Waals surface area contributed by atoms with Crippen LogP contribution in [0.4, 0.5) is 5.69 Å². The first-order valence-electron chi connectivity index (χ1n) is 9.05. The third kappa shape index (κ3) is 5.74. The van der Waals surface area contributed by atoms with Crippen LogP contribution >= 0.6 is 0 Å². The van der Waals surface area contributed by atoms with E-state index in [4.69, 9.17) is 9.47 Å². The largest absolute Gasteiger partial charge is 0.493 e. The van der Waals surface area contributed by atoms with Crippen LogP contribution in [0.1, 0.15) is 31.4 Å². The average Bonchev–Trinajstić information content (AvgIpc) is 2.70. The van der Waals surface area contributed by atoms with E-state index in [1.165, 1.54) is 0 Å². The van der Waals surface area contributed by atoms with Crippen LogP contribution in [0.3, 0.4) is 0 Å². The molecule has 2 aromatic carbocycles. The monoisotopic (exact) mass is 370 g/mol. The zero-order valence-corrected chi connectivity index (χ0v) is 16.0. The summed E-state index contributed by atoms with van der Waals surface area (Å²) in [4.78, 5) is 24.2. The Hall–Kier alpha value is -3.02. The number of aryl methyl sites for hydroxylation is 1. The number of methoxy groups -OCH3 is 1. The fourth-order valence-electron chi connectivity index (χ4n) is 2.55. The second-order valence-corrected chi connectivity index (χ2v) is 5.98. The molecule has 2 rings (SSSR count). The lowest BCUT2D eigenvalue weighted by atomic mass is 10.1. The van der Waals surface area contributed by atoms with Crippen molar-refractivity contribution < 1.29 is 19.1 Å². The third-order valence-electron chi connectivity index (χ3n) is 4.00. The normalized spacial score (nSPS) is 10.2. The van der Waals surface area contributed by atoms with Crippen molar-refractivity contribution >= 4 is 17.5 Å². The first kappa shape index (κ1) is 20.3.